The summed E-state index contributed by atoms with van der Waals surface area (Å²) in [5.41, 5.74) is 1.20. The van der Waals surface area contributed by atoms with Crippen LogP contribution in [-0.2, 0) is 6.42 Å². The number of anilines is 1. The lowest BCUT2D eigenvalue weighted by molar-refractivity contribution is 0.354. The van der Waals surface area contributed by atoms with Crippen LogP contribution in [0, 0.1) is 0 Å². The fraction of sp³-hybridized carbons (Fsp3) is 0.478. The molecule has 0 saturated heterocycles. The number of methoxy groups -OCH3 is 2. The number of benzene rings is 1. The summed E-state index contributed by atoms with van der Waals surface area (Å²) in [6.45, 7) is 5.50. The van der Waals surface area contributed by atoms with Gasteiger partial charge in [-0.1, -0.05) is 12.1 Å². The molecule has 0 aliphatic carbocycles. The van der Waals surface area contributed by atoms with Crippen molar-refractivity contribution in [1.29, 1.82) is 0 Å². The van der Waals surface area contributed by atoms with E-state index in [0.29, 0.717) is 0 Å². The van der Waals surface area contributed by atoms with Crippen molar-refractivity contribution in [1.82, 2.24) is 15.2 Å². The van der Waals surface area contributed by atoms with E-state index in [1.807, 2.05) is 30.3 Å². The third-order valence-corrected chi connectivity index (χ3v) is 4.70. The number of halogens is 1. The highest BCUT2D eigenvalue weighted by molar-refractivity contribution is 14.0. The van der Waals surface area contributed by atoms with Crippen LogP contribution in [0.1, 0.15) is 25.3 Å². The van der Waals surface area contributed by atoms with E-state index < -0.39 is 0 Å². The van der Waals surface area contributed by atoms with Gasteiger partial charge >= 0.3 is 0 Å². The fourth-order valence-corrected chi connectivity index (χ4v) is 3.01. The van der Waals surface area contributed by atoms with Crippen LogP contribution in [0.5, 0.6) is 11.5 Å². The Kier molecular flexibility index (Phi) is 13.4. The molecular formula is C23H36IN5O2. The average molecular weight is 541 g/mol. The first kappa shape index (κ1) is 26.8. The van der Waals surface area contributed by atoms with Crippen molar-refractivity contribution in [2.45, 2.75) is 26.2 Å². The first-order valence-electron chi connectivity index (χ1n) is 10.5. The average Bonchev–Trinajstić information content (AvgIpc) is 2.79. The predicted octanol–water partition coefficient (Wildman–Crippen LogP) is 4.05. The van der Waals surface area contributed by atoms with Crippen LogP contribution in [0.25, 0.3) is 0 Å². The number of unbranched alkanes of at least 4 members (excludes halogenated alkanes) is 1. The molecule has 0 atom stereocenters. The molecular weight excluding hydrogens is 505 g/mol. The highest BCUT2D eigenvalue weighted by Crippen LogP contribution is 2.27. The Morgan fingerprint density at radius 3 is 2.58 bits per heavy atom. The first-order valence-corrected chi connectivity index (χ1v) is 10.5. The largest absolute Gasteiger partial charge is 0.493 e. The van der Waals surface area contributed by atoms with Gasteiger partial charge in [-0.25, -0.2) is 4.98 Å². The number of rotatable bonds is 12. The van der Waals surface area contributed by atoms with E-state index in [1.165, 1.54) is 5.56 Å². The zero-order valence-electron chi connectivity index (χ0n) is 19.1. The minimum atomic E-state index is 0. The standard InChI is InChI=1S/C23H35N5O2.HI/c1-5-24-23(27-16-9-8-15-26-22-10-6-7-14-25-22)28(2)17-13-19-11-12-20(29-3)21(18-19)30-4;/h6-7,10-12,14,18H,5,8-9,13,15-17H2,1-4H3,(H,24,27)(H,25,26);1H. The van der Waals surface area contributed by atoms with E-state index in [4.69, 9.17) is 14.5 Å². The van der Waals surface area contributed by atoms with Crippen LogP contribution in [0.15, 0.2) is 47.6 Å². The van der Waals surface area contributed by atoms with Crippen LogP contribution in [0.4, 0.5) is 5.82 Å². The lowest BCUT2D eigenvalue weighted by atomic mass is 10.1. The van der Waals surface area contributed by atoms with Gasteiger partial charge in [-0.3, -0.25) is 4.99 Å². The van der Waals surface area contributed by atoms with E-state index >= 15 is 0 Å². The minimum Gasteiger partial charge on any atom is -0.493 e. The molecule has 2 rings (SSSR count). The summed E-state index contributed by atoms with van der Waals surface area (Å²) in [6, 6.07) is 11.9. The molecule has 0 aliphatic heterocycles. The number of nitrogens with zero attached hydrogens (tertiary/aromatic N) is 3. The van der Waals surface area contributed by atoms with Crippen molar-refractivity contribution >= 4 is 35.8 Å². The zero-order valence-corrected chi connectivity index (χ0v) is 21.4. The summed E-state index contributed by atoms with van der Waals surface area (Å²) in [5, 5.41) is 6.71. The van der Waals surface area contributed by atoms with Crippen LogP contribution < -0.4 is 20.1 Å². The molecule has 1 aromatic carbocycles. The summed E-state index contributed by atoms with van der Waals surface area (Å²) >= 11 is 0. The van der Waals surface area contributed by atoms with E-state index in [0.717, 1.165) is 68.7 Å². The molecule has 7 nitrogen and oxygen atoms in total. The molecule has 172 valence electrons. The van der Waals surface area contributed by atoms with E-state index in [-0.39, 0.29) is 24.0 Å². The Hall–Kier alpha value is -2.23. The number of hydrogen-bond donors (Lipinski definition) is 2. The van der Waals surface area contributed by atoms with Crippen LogP contribution in [0.3, 0.4) is 0 Å². The van der Waals surface area contributed by atoms with Crippen molar-refractivity contribution in [2.75, 3.05) is 52.8 Å². The molecule has 0 radical (unpaired) electrons. The molecule has 2 N–H and O–H groups in total. The number of aliphatic imine (C=N–C) groups is 1. The molecule has 1 heterocycles. The fourth-order valence-electron chi connectivity index (χ4n) is 3.01. The van der Waals surface area contributed by atoms with Gasteiger partial charge in [0.2, 0.25) is 0 Å². The Labute approximate surface area is 203 Å². The number of hydrogen-bond acceptors (Lipinski definition) is 5. The van der Waals surface area contributed by atoms with E-state index in [1.54, 1.807) is 20.4 Å². The van der Waals surface area contributed by atoms with Gasteiger partial charge in [-0.05, 0) is 56.0 Å². The summed E-state index contributed by atoms with van der Waals surface area (Å²) in [6.07, 6.45) is 4.77. The Bertz CT molecular complexity index is 774. The number of ether oxygens (including phenoxy) is 2. The Morgan fingerprint density at radius 2 is 1.90 bits per heavy atom. The van der Waals surface area contributed by atoms with Gasteiger partial charge in [0.15, 0.2) is 17.5 Å². The molecule has 0 amide bonds. The van der Waals surface area contributed by atoms with Gasteiger partial charge < -0.3 is 25.0 Å². The molecule has 0 spiro atoms. The van der Waals surface area contributed by atoms with Gasteiger partial charge in [-0.15, -0.1) is 24.0 Å². The summed E-state index contributed by atoms with van der Waals surface area (Å²) < 4.78 is 10.7. The molecule has 8 heteroatoms. The quantitative estimate of drug-likeness (QED) is 0.183. The number of aromatic nitrogens is 1. The second kappa shape index (κ2) is 15.6. The monoisotopic (exact) mass is 541 g/mol. The molecule has 0 fully saturated rings. The Balaban J connectivity index is 0.00000480. The number of guanidine groups is 1. The molecule has 0 bridgehead atoms. The maximum Gasteiger partial charge on any atom is 0.193 e. The second-order valence-electron chi connectivity index (χ2n) is 6.95. The van der Waals surface area contributed by atoms with Crippen LogP contribution in [-0.4, -0.2) is 63.3 Å². The second-order valence-corrected chi connectivity index (χ2v) is 6.95. The van der Waals surface area contributed by atoms with Crippen molar-refractivity contribution in [2.24, 2.45) is 4.99 Å². The van der Waals surface area contributed by atoms with Gasteiger partial charge in [-0.2, -0.15) is 0 Å². The van der Waals surface area contributed by atoms with E-state index in [2.05, 4.69) is 40.6 Å². The van der Waals surface area contributed by atoms with E-state index in [9.17, 15) is 0 Å². The maximum absolute atomic E-state index is 5.40. The summed E-state index contributed by atoms with van der Waals surface area (Å²) in [4.78, 5) is 11.2. The van der Waals surface area contributed by atoms with Crippen molar-refractivity contribution in [3.05, 3.63) is 48.2 Å². The van der Waals surface area contributed by atoms with Crippen molar-refractivity contribution in [3.8, 4) is 11.5 Å². The normalized spacial score (nSPS) is 10.8. The third-order valence-electron chi connectivity index (χ3n) is 4.70. The number of pyridine rings is 1. The Morgan fingerprint density at radius 1 is 1.10 bits per heavy atom. The number of likely N-dealkylation sites (N-methyl/N-ethyl adjacent to an activating group) is 1. The topological polar surface area (TPSA) is 71.0 Å². The third kappa shape index (κ3) is 9.63. The summed E-state index contributed by atoms with van der Waals surface area (Å²) in [7, 11) is 5.39. The molecule has 0 aliphatic rings. The lowest BCUT2D eigenvalue weighted by Crippen LogP contribution is -2.40. The summed E-state index contributed by atoms with van der Waals surface area (Å²) in [5.74, 6) is 3.37. The van der Waals surface area contributed by atoms with Crippen LogP contribution >= 0.6 is 24.0 Å². The molecule has 0 saturated carbocycles. The molecule has 31 heavy (non-hydrogen) atoms. The van der Waals surface area contributed by atoms with Crippen molar-refractivity contribution in [3.63, 3.8) is 0 Å². The maximum atomic E-state index is 5.40. The van der Waals surface area contributed by atoms with Gasteiger partial charge in [0.25, 0.3) is 0 Å². The highest BCUT2D eigenvalue weighted by atomic mass is 127. The molecule has 0 unspecified atom stereocenters. The van der Waals surface area contributed by atoms with Gasteiger partial charge in [0.1, 0.15) is 5.82 Å². The first-order chi connectivity index (χ1) is 14.7. The van der Waals surface area contributed by atoms with Gasteiger partial charge in [0.05, 0.1) is 14.2 Å². The number of nitrogens with one attached hydrogen (secondary N) is 2. The molecule has 1 aromatic heterocycles. The van der Waals surface area contributed by atoms with Crippen LogP contribution in [0.2, 0.25) is 0 Å². The smallest absolute Gasteiger partial charge is 0.193 e. The SMILES string of the molecule is CCNC(=NCCCCNc1ccccn1)N(C)CCc1ccc(OC)c(OC)c1.I. The predicted molar refractivity (Wildman–Crippen MR) is 139 cm³/mol. The minimum absolute atomic E-state index is 0. The van der Waals surface area contributed by atoms with Crippen molar-refractivity contribution < 1.29 is 9.47 Å². The lowest BCUT2D eigenvalue weighted by Gasteiger charge is -2.22. The van der Waals surface area contributed by atoms with Gasteiger partial charge in [0, 0.05) is 39.4 Å². The zero-order chi connectivity index (χ0) is 21.6. The highest BCUT2D eigenvalue weighted by Gasteiger charge is 2.08. The molecule has 2 aromatic rings.